The molecule has 2 aromatic rings. The molecule has 0 unspecified atom stereocenters. The minimum atomic E-state index is -0.861. The molecule has 1 aromatic carbocycles. The highest BCUT2D eigenvalue weighted by atomic mass is 32.1. The fourth-order valence-electron chi connectivity index (χ4n) is 1.54. The first-order valence-corrected chi connectivity index (χ1v) is 6.21. The van der Waals surface area contributed by atoms with Crippen molar-refractivity contribution < 1.29 is 8.78 Å². The van der Waals surface area contributed by atoms with Gasteiger partial charge in [0.1, 0.15) is 0 Å². The van der Waals surface area contributed by atoms with Crippen molar-refractivity contribution >= 4 is 16.5 Å². The zero-order valence-electron chi connectivity index (χ0n) is 9.84. The normalized spacial score (nSPS) is 10.4. The van der Waals surface area contributed by atoms with E-state index in [9.17, 15) is 8.78 Å². The molecule has 1 aromatic heterocycles. The maximum atomic E-state index is 13.2. The van der Waals surface area contributed by atoms with Gasteiger partial charge in [-0.05, 0) is 25.1 Å². The van der Waals surface area contributed by atoms with Gasteiger partial charge in [0.15, 0.2) is 16.8 Å². The summed E-state index contributed by atoms with van der Waals surface area (Å²) in [5.74, 6) is -1.71. The van der Waals surface area contributed by atoms with Gasteiger partial charge in [-0.1, -0.05) is 6.08 Å². The summed E-state index contributed by atoms with van der Waals surface area (Å²) in [5.41, 5.74) is 1.25. The first-order valence-electron chi connectivity index (χ1n) is 5.39. The van der Waals surface area contributed by atoms with Crippen molar-refractivity contribution in [2.75, 3.05) is 11.9 Å². The second-order valence-corrected chi connectivity index (χ2v) is 4.93. The number of halogens is 2. The van der Waals surface area contributed by atoms with Gasteiger partial charge in [0, 0.05) is 17.0 Å². The number of aryl methyl sites for hydroxylation is 1. The van der Waals surface area contributed by atoms with Crippen molar-refractivity contribution in [3.63, 3.8) is 0 Å². The van der Waals surface area contributed by atoms with Crippen molar-refractivity contribution in [1.82, 2.24) is 4.98 Å². The average Bonchev–Trinajstić information content (AvgIpc) is 2.71. The fraction of sp³-hybridized carbons (Fsp3) is 0.154. The van der Waals surface area contributed by atoms with E-state index in [4.69, 9.17) is 0 Å². The average molecular weight is 266 g/mol. The molecule has 0 spiro atoms. The summed E-state index contributed by atoms with van der Waals surface area (Å²) in [4.78, 5) is 5.31. The lowest BCUT2D eigenvalue weighted by Gasteiger charge is -1.99. The summed E-state index contributed by atoms with van der Waals surface area (Å²) in [6, 6.07) is 3.80. The number of aromatic nitrogens is 1. The predicted molar refractivity (Wildman–Crippen MR) is 70.9 cm³/mol. The number of thiazole rings is 1. The lowest BCUT2D eigenvalue weighted by Crippen LogP contribution is -1.96. The molecule has 0 saturated heterocycles. The SMILES string of the molecule is C=CCNc1nc(-c2ccc(F)c(F)c2)c(C)s1. The molecule has 94 valence electrons. The number of nitrogens with one attached hydrogen (secondary N) is 1. The molecule has 0 amide bonds. The first-order chi connectivity index (χ1) is 8.61. The van der Waals surface area contributed by atoms with Crippen molar-refractivity contribution in [2.24, 2.45) is 0 Å². The molecule has 0 aliphatic carbocycles. The van der Waals surface area contributed by atoms with Crippen LogP contribution in [0.5, 0.6) is 0 Å². The first kappa shape index (κ1) is 12.7. The zero-order chi connectivity index (χ0) is 13.1. The Labute approximate surface area is 108 Å². The molecule has 0 radical (unpaired) electrons. The fourth-order valence-corrected chi connectivity index (χ4v) is 2.39. The number of anilines is 1. The van der Waals surface area contributed by atoms with Crippen LogP contribution in [0.4, 0.5) is 13.9 Å². The highest BCUT2D eigenvalue weighted by Gasteiger charge is 2.11. The van der Waals surface area contributed by atoms with Crippen LogP contribution in [0.2, 0.25) is 0 Å². The van der Waals surface area contributed by atoms with E-state index in [0.717, 1.165) is 22.1 Å². The van der Waals surface area contributed by atoms with Gasteiger partial charge < -0.3 is 5.32 Å². The highest BCUT2D eigenvalue weighted by molar-refractivity contribution is 7.16. The van der Waals surface area contributed by atoms with E-state index < -0.39 is 11.6 Å². The Kier molecular flexibility index (Phi) is 3.72. The number of hydrogen-bond acceptors (Lipinski definition) is 3. The van der Waals surface area contributed by atoms with Gasteiger partial charge in [0.2, 0.25) is 0 Å². The van der Waals surface area contributed by atoms with Crippen LogP contribution in [0, 0.1) is 18.6 Å². The monoisotopic (exact) mass is 266 g/mol. The number of hydrogen-bond donors (Lipinski definition) is 1. The number of nitrogens with zero attached hydrogens (tertiary/aromatic N) is 1. The lowest BCUT2D eigenvalue weighted by molar-refractivity contribution is 0.509. The van der Waals surface area contributed by atoms with Crippen LogP contribution >= 0.6 is 11.3 Å². The molecule has 5 heteroatoms. The van der Waals surface area contributed by atoms with E-state index in [1.165, 1.54) is 17.4 Å². The largest absolute Gasteiger partial charge is 0.358 e. The van der Waals surface area contributed by atoms with E-state index in [-0.39, 0.29) is 0 Å². The lowest BCUT2D eigenvalue weighted by atomic mass is 10.1. The van der Waals surface area contributed by atoms with E-state index in [2.05, 4.69) is 16.9 Å². The molecular weight excluding hydrogens is 254 g/mol. The minimum Gasteiger partial charge on any atom is -0.358 e. The Morgan fingerprint density at radius 1 is 1.39 bits per heavy atom. The van der Waals surface area contributed by atoms with Gasteiger partial charge in [-0.15, -0.1) is 17.9 Å². The molecule has 0 bridgehead atoms. The third-order valence-electron chi connectivity index (χ3n) is 2.39. The molecule has 0 fully saturated rings. The van der Waals surface area contributed by atoms with Crippen LogP contribution in [-0.2, 0) is 0 Å². The quantitative estimate of drug-likeness (QED) is 0.846. The molecule has 0 aliphatic heterocycles. The summed E-state index contributed by atoms with van der Waals surface area (Å²) < 4.78 is 26.0. The number of benzene rings is 1. The van der Waals surface area contributed by atoms with Gasteiger partial charge in [-0.25, -0.2) is 13.8 Å². The molecule has 1 N–H and O–H groups in total. The molecule has 0 atom stereocenters. The maximum Gasteiger partial charge on any atom is 0.183 e. The van der Waals surface area contributed by atoms with Crippen molar-refractivity contribution in [3.8, 4) is 11.3 Å². The van der Waals surface area contributed by atoms with Crippen LogP contribution in [0.3, 0.4) is 0 Å². The van der Waals surface area contributed by atoms with Crippen molar-refractivity contribution in [3.05, 3.63) is 47.4 Å². The standard InChI is InChI=1S/C13H12F2N2S/c1-3-6-16-13-17-12(8(2)18-13)9-4-5-10(14)11(15)7-9/h3-5,7H,1,6H2,2H3,(H,16,17). The molecule has 2 rings (SSSR count). The second-order valence-electron chi connectivity index (χ2n) is 3.72. The molecule has 0 saturated carbocycles. The van der Waals surface area contributed by atoms with E-state index in [0.29, 0.717) is 17.8 Å². The molecular formula is C13H12F2N2S. The summed E-state index contributed by atoms with van der Waals surface area (Å²) in [5, 5.41) is 3.82. The van der Waals surface area contributed by atoms with Crippen LogP contribution in [0.25, 0.3) is 11.3 Å². The van der Waals surface area contributed by atoms with Crippen LogP contribution in [0.1, 0.15) is 4.88 Å². The van der Waals surface area contributed by atoms with E-state index in [1.807, 2.05) is 6.92 Å². The van der Waals surface area contributed by atoms with Gasteiger partial charge in [-0.3, -0.25) is 0 Å². The number of rotatable bonds is 4. The molecule has 2 nitrogen and oxygen atoms in total. The van der Waals surface area contributed by atoms with Gasteiger partial charge >= 0.3 is 0 Å². The van der Waals surface area contributed by atoms with Crippen LogP contribution in [-0.4, -0.2) is 11.5 Å². The van der Waals surface area contributed by atoms with Gasteiger partial charge in [-0.2, -0.15) is 0 Å². The third kappa shape index (κ3) is 2.56. The maximum absolute atomic E-state index is 13.2. The van der Waals surface area contributed by atoms with Gasteiger partial charge in [0.25, 0.3) is 0 Å². The van der Waals surface area contributed by atoms with Gasteiger partial charge in [0.05, 0.1) is 5.69 Å². The summed E-state index contributed by atoms with van der Waals surface area (Å²) in [6.45, 7) is 6.12. The molecule has 0 aliphatic rings. The summed E-state index contributed by atoms with van der Waals surface area (Å²) >= 11 is 1.47. The Morgan fingerprint density at radius 3 is 2.83 bits per heavy atom. The van der Waals surface area contributed by atoms with Crippen molar-refractivity contribution in [2.45, 2.75) is 6.92 Å². The van der Waals surface area contributed by atoms with E-state index in [1.54, 1.807) is 6.08 Å². The Bertz CT molecular complexity index is 578. The summed E-state index contributed by atoms with van der Waals surface area (Å²) in [6.07, 6.45) is 1.73. The highest BCUT2D eigenvalue weighted by Crippen LogP contribution is 2.30. The smallest absolute Gasteiger partial charge is 0.183 e. The topological polar surface area (TPSA) is 24.9 Å². The Balaban J connectivity index is 2.34. The zero-order valence-corrected chi connectivity index (χ0v) is 10.7. The molecule has 18 heavy (non-hydrogen) atoms. The predicted octanol–water partition coefficient (Wildman–Crippen LogP) is 3.99. The minimum absolute atomic E-state index is 0.578. The Morgan fingerprint density at radius 2 is 2.17 bits per heavy atom. The van der Waals surface area contributed by atoms with Crippen LogP contribution in [0.15, 0.2) is 30.9 Å². The summed E-state index contributed by atoms with van der Waals surface area (Å²) in [7, 11) is 0. The third-order valence-corrected chi connectivity index (χ3v) is 3.32. The Hall–Kier alpha value is -1.75. The second kappa shape index (κ2) is 5.27. The molecule has 1 heterocycles. The van der Waals surface area contributed by atoms with Crippen molar-refractivity contribution in [1.29, 1.82) is 0 Å². The van der Waals surface area contributed by atoms with Crippen LogP contribution < -0.4 is 5.32 Å². The van der Waals surface area contributed by atoms with E-state index >= 15 is 0 Å².